The molecule has 1 atom stereocenters. The Morgan fingerprint density at radius 2 is 0.434 bits per heavy atom. The van der Waals surface area contributed by atoms with Crippen LogP contribution >= 0.6 is 0 Å². The fraction of sp³-hybridized carbons (Fsp3) is 0.597. The molecule has 0 spiro atoms. The van der Waals surface area contributed by atoms with Crippen LogP contribution in [0.4, 0.5) is 0 Å². The zero-order chi connectivity index (χ0) is 59.9. The molecule has 0 rings (SSSR count). The van der Waals surface area contributed by atoms with Crippen molar-refractivity contribution in [3.8, 4) is 0 Å². The monoisotopic (exact) mass is 1140 g/mol. The second-order valence-electron chi connectivity index (χ2n) is 21.6. The van der Waals surface area contributed by atoms with Crippen molar-refractivity contribution in [2.24, 2.45) is 0 Å². The van der Waals surface area contributed by atoms with Crippen molar-refractivity contribution in [1.29, 1.82) is 0 Å². The lowest BCUT2D eigenvalue weighted by Crippen LogP contribution is -2.30. The summed E-state index contributed by atoms with van der Waals surface area (Å²) in [6, 6.07) is 0. The maximum absolute atomic E-state index is 12.9. The maximum atomic E-state index is 12.9. The Labute approximate surface area is 511 Å². The lowest BCUT2D eigenvalue weighted by Gasteiger charge is -2.18. The number of hydrogen-bond donors (Lipinski definition) is 0. The molecule has 6 heteroatoms. The number of rotatable bonds is 59. The summed E-state index contributed by atoms with van der Waals surface area (Å²) >= 11 is 0. The molecule has 6 nitrogen and oxygen atoms in total. The van der Waals surface area contributed by atoms with Crippen molar-refractivity contribution in [3.05, 3.63) is 170 Å². The van der Waals surface area contributed by atoms with E-state index in [1.54, 1.807) is 0 Å². The molecule has 0 bridgehead atoms. The average molecular weight is 1140 g/mol. The van der Waals surface area contributed by atoms with Crippen LogP contribution in [0.1, 0.15) is 278 Å². The highest BCUT2D eigenvalue weighted by Crippen LogP contribution is 2.15. The summed E-state index contributed by atoms with van der Waals surface area (Å²) in [4.78, 5) is 38.4. The van der Waals surface area contributed by atoms with E-state index in [2.05, 4.69) is 191 Å². The first-order chi connectivity index (χ1) is 41.0. The summed E-state index contributed by atoms with van der Waals surface area (Å²) in [7, 11) is 0. The minimum absolute atomic E-state index is 0.101. The van der Waals surface area contributed by atoms with Gasteiger partial charge in [-0.2, -0.15) is 0 Å². The number of carbonyl (C=O) groups excluding carboxylic acids is 3. The molecule has 0 heterocycles. The van der Waals surface area contributed by atoms with E-state index in [0.717, 1.165) is 180 Å². The number of unbranched alkanes of at least 4 members (excludes halogenated alkanes) is 20. The van der Waals surface area contributed by atoms with Gasteiger partial charge >= 0.3 is 17.9 Å². The van der Waals surface area contributed by atoms with Crippen LogP contribution < -0.4 is 0 Å². The fourth-order valence-corrected chi connectivity index (χ4v) is 8.78. The molecule has 0 saturated heterocycles. The Bertz CT molecular complexity index is 1890. The normalized spacial score (nSPS) is 13.2. The van der Waals surface area contributed by atoms with Crippen LogP contribution in [-0.2, 0) is 28.6 Å². The lowest BCUT2D eigenvalue weighted by molar-refractivity contribution is -0.167. The Balaban J connectivity index is 4.42. The Kier molecular flexibility index (Phi) is 64.9. The largest absolute Gasteiger partial charge is 0.462 e. The third-order valence-electron chi connectivity index (χ3n) is 13.7. The van der Waals surface area contributed by atoms with Gasteiger partial charge in [-0.25, -0.2) is 0 Å². The molecule has 0 N–H and O–H groups in total. The second-order valence-corrected chi connectivity index (χ2v) is 21.6. The smallest absolute Gasteiger partial charge is 0.306 e. The number of carbonyl (C=O) groups is 3. The van der Waals surface area contributed by atoms with Gasteiger partial charge in [-0.05, 0) is 148 Å². The van der Waals surface area contributed by atoms with Crippen LogP contribution in [0.5, 0.6) is 0 Å². The fourth-order valence-electron chi connectivity index (χ4n) is 8.78. The van der Waals surface area contributed by atoms with Crippen molar-refractivity contribution in [1.82, 2.24) is 0 Å². The van der Waals surface area contributed by atoms with E-state index in [-0.39, 0.29) is 31.1 Å². The van der Waals surface area contributed by atoms with Gasteiger partial charge in [0, 0.05) is 19.3 Å². The molecule has 1 unspecified atom stereocenters. The highest BCUT2D eigenvalue weighted by atomic mass is 16.6. The molecule has 466 valence electrons. The molecule has 0 amide bonds. The van der Waals surface area contributed by atoms with Crippen LogP contribution in [0.3, 0.4) is 0 Å². The first-order valence-corrected chi connectivity index (χ1v) is 33.6. The van der Waals surface area contributed by atoms with Gasteiger partial charge in [-0.1, -0.05) is 281 Å². The molecule has 0 saturated carbocycles. The minimum Gasteiger partial charge on any atom is -0.462 e. The first-order valence-electron chi connectivity index (χ1n) is 33.6. The third kappa shape index (κ3) is 67.4. The summed E-state index contributed by atoms with van der Waals surface area (Å²) in [5.74, 6) is -0.945. The van der Waals surface area contributed by atoms with Gasteiger partial charge in [0.1, 0.15) is 13.2 Å². The van der Waals surface area contributed by atoms with E-state index < -0.39 is 6.10 Å². The molecule has 0 fully saturated rings. The van der Waals surface area contributed by atoms with Crippen LogP contribution in [0.15, 0.2) is 170 Å². The van der Waals surface area contributed by atoms with Gasteiger partial charge in [0.15, 0.2) is 6.10 Å². The summed E-state index contributed by atoms with van der Waals surface area (Å²) < 4.78 is 16.9. The van der Waals surface area contributed by atoms with Gasteiger partial charge in [0.05, 0.1) is 0 Å². The van der Waals surface area contributed by atoms with Crippen molar-refractivity contribution in [2.75, 3.05) is 13.2 Å². The second kappa shape index (κ2) is 69.3. The van der Waals surface area contributed by atoms with Crippen LogP contribution in [0.2, 0.25) is 0 Å². The topological polar surface area (TPSA) is 78.9 Å². The predicted molar refractivity (Wildman–Crippen MR) is 361 cm³/mol. The lowest BCUT2D eigenvalue weighted by atomic mass is 10.1. The molecule has 0 aliphatic heterocycles. The molecular formula is C77H122O6. The molecule has 83 heavy (non-hydrogen) atoms. The summed E-state index contributed by atoms with van der Waals surface area (Å²) in [6.07, 6.45) is 102. The van der Waals surface area contributed by atoms with Gasteiger partial charge in [-0.15, -0.1) is 0 Å². The zero-order valence-corrected chi connectivity index (χ0v) is 53.4. The first kappa shape index (κ1) is 77.8. The quantitative estimate of drug-likeness (QED) is 0.0261. The number of allylic oxidation sites excluding steroid dienone is 28. The molecule has 0 aliphatic carbocycles. The molecule has 0 aromatic rings. The van der Waals surface area contributed by atoms with E-state index in [1.165, 1.54) is 57.8 Å². The van der Waals surface area contributed by atoms with Crippen molar-refractivity contribution < 1.29 is 28.6 Å². The van der Waals surface area contributed by atoms with E-state index in [4.69, 9.17) is 14.2 Å². The van der Waals surface area contributed by atoms with Gasteiger partial charge in [-0.3, -0.25) is 14.4 Å². The highest BCUT2D eigenvalue weighted by molar-refractivity contribution is 5.71. The van der Waals surface area contributed by atoms with Crippen LogP contribution in [0.25, 0.3) is 0 Å². The van der Waals surface area contributed by atoms with Gasteiger partial charge < -0.3 is 14.2 Å². The van der Waals surface area contributed by atoms with Crippen molar-refractivity contribution in [2.45, 2.75) is 284 Å². The third-order valence-corrected chi connectivity index (χ3v) is 13.7. The van der Waals surface area contributed by atoms with E-state index in [9.17, 15) is 14.4 Å². The van der Waals surface area contributed by atoms with E-state index >= 15 is 0 Å². The maximum Gasteiger partial charge on any atom is 0.306 e. The number of ether oxygens (including phenoxy) is 3. The highest BCUT2D eigenvalue weighted by Gasteiger charge is 2.19. The zero-order valence-electron chi connectivity index (χ0n) is 53.4. The molecule has 0 aliphatic rings. The van der Waals surface area contributed by atoms with Crippen LogP contribution in [-0.4, -0.2) is 37.2 Å². The Morgan fingerprint density at radius 3 is 0.675 bits per heavy atom. The van der Waals surface area contributed by atoms with Gasteiger partial charge in [0.2, 0.25) is 0 Å². The SMILES string of the molecule is CC/C=C\C/C=C\C/C=C\C/C=C\C/C=C\C/C=C\CCCCCCCCCCCCC(=O)OCC(COC(=O)CCCCCC/C=C\C/C=C\C/C=C\C/C=C\CC)OC(=O)CCCCCCCC/C=C\C/C=C\C/C=C\C/C=C\CC. The molecule has 0 radical (unpaired) electrons. The van der Waals surface area contributed by atoms with E-state index in [0.29, 0.717) is 19.3 Å². The predicted octanol–water partition coefficient (Wildman–Crippen LogP) is 23.4. The summed E-state index contributed by atoms with van der Waals surface area (Å²) in [5, 5.41) is 0. The Morgan fingerprint density at radius 1 is 0.241 bits per heavy atom. The molecule has 0 aromatic heterocycles. The van der Waals surface area contributed by atoms with Crippen LogP contribution in [0, 0.1) is 0 Å². The van der Waals surface area contributed by atoms with Crippen molar-refractivity contribution in [3.63, 3.8) is 0 Å². The molecule has 0 aromatic carbocycles. The standard InChI is InChI=1S/C77H122O6/c1-4-7-10-13-16-19-22-25-28-31-33-34-35-36-37-38-39-40-41-42-44-46-49-52-55-58-61-64-67-70-76(79)82-73-74(72-81-75(78)69-66-63-60-57-54-51-48-45-30-27-24-21-18-15-12-9-6-3)83-77(80)71-68-65-62-59-56-53-50-47-43-32-29-26-23-20-17-14-11-8-5-2/h7-12,16-21,25-30,33-34,36-37,39-40,43,47-48,51,74H,4-6,13-15,22-24,31-32,35,38,41-42,44-46,49-50,52-73H2,1-3H3/b10-7-,11-8-,12-9-,19-16-,20-17-,21-18-,28-25-,29-26-,30-27-,34-33-,37-36-,40-39-,47-43-,51-48-. The van der Waals surface area contributed by atoms with Crippen molar-refractivity contribution >= 4 is 17.9 Å². The van der Waals surface area contributed by atoms with Gasteiger partial charge in [0.25, 0.3) is 0 Å². The number of esters is 3. The summed E-state index contributed by atoms with van der Waals surface area (Å²) in [6.45, 7) is 6.27. The number of hydrogen-bond acceptors (Lipinski definition) is 6. The Hall–Kier alpha value is -5.23. The van der Waals surface area contributed by atoms with E-state index in [1.807, 2.05) is 0 Å². The summed E-state index contributed by atoms with van der Waals surface area (Å²) in [5.41, 5.74) is 0. The molecular weight excluding hydrogens is 1020 g/mol. The average Bonchev–Trinajstić information content (AvgIpc) is 3.49. The minimum atomic E-state index is -0.809.